The molecule has 1 N–H and O–H groups in total. The van der Waals surface area contributed by atoms with Gasteiger partial charge in [-0.05, 0) is 55.0 Å². The first-order valence-electron chi connectivity index (χ1n) is 6.92. The summed E-state index contributed by atoms with van der Waals surface area (Å²) in [6, 6.07) is 9.35. The van der Waals surface area contributed by atoms with Crippen LogP contribution < -0.4 is 10.1 Å². The van der Waals surface area contributed by atoms with E-state index in [-0.39, 0.29) is 0 Å². The van der Waals surface area contributed by atoms with Gasteiger partial charge in [-0.25, -0.2) is 0 Å². The number of methoxy groups -OCH3 is 1. The minimum atomic E-state index is 0.625. The first-order valence-corrected chi connectivity index (χ1v) is 7.71. The fourth-order valence-electron chi connectivity index (χ4n) is 2.01. The van der Waals surface area contributed by atoms with Crippen LogP contribution in [0.15, 0.2) is 42.7 Å². The molecule has 0 saturated heterocycles. The van der Waals surface area contributed by atoms with Crippen LogP contribution in [0.25, 0.3) is 0 Å². The Morgan fingerprint density at radius 2 is 2.05 bits per heavy atom. The molecule has 0 amide bonds. The fourth-order valence-corrected chi connectivity index (χ4v) is 2.48. The minimum absolute atomic E-state index is 0.625. The molecule has 0 saturated carbocycles. The molecule has 0 unspecified atom stereocenters. The first-order chi connectivity index (χ1) is 10.6. The number of nitrogens with one attached hydrogen (secondary N) is 1. The molecule has 1 heterocycles. The lowest BCUT2D eigenvalue weighted by molar-refractivity contribution is 0.416. The summed E-state index contributed by atoms with van der Waals surface area (Å²) < 4.78 is 5.33. The van der Waals surface area contributed by atoms with Crippen LogP contribution in [0.4, 0.5) is 5.69 Å². The van der Waals surface area contributed by atoms with E-state index in [0.29, 0.717) is 22.4 Å². The molecule has 2 aromatic rings. The number of thiocarbonyl (C=S) groups is 1. The summed E-state index contributed by atoms with van der Waals surface area (Å²) >= 11 is 11.5. The molecule has 0 aliphatic carbocycles. The van der Waals surface area contributed by atoms with Gasteiger partial charge < -0.3 is 15.0 Å². The Morgan fingerprint density at radius 3 is 2.68 bits per heavy atom. The standard InChI is InChI=1S/C16H18ClN3OS/c1-3-20(11-12-6-8-18-9-7-12)16(22)19-14-10-13(17)4-5-15(14)21-2/h4-10H,3,11H2,1-2H3,(H,19,22). The van der Waals surface area contributed by atoms with E-state index in [9.17, 15) is 0 Å². The zero-order chi connectivity index (χ0) is 15.9. The van der Waals surface area contributed by atoms with E-state index < -0.39 is 0 Å². The van der Waals surface area contributed by atoms with Crippen LogP contribution in [0.5, 0.6) is 5.75 Å². The third-order valence-corrected chi connectivity index (χ3v) is 3.79. The molecular weight excluding hydrogens is 318 g/mol. The second kappa shape index (κ2) is 7.96. The second-order valence-corrected chi connectivity index (χ2v) is 5.47. The van der Waals surface area contributed by atoms with Crippen molar-refractivity contribution in [3.05, 3.63) is 53.3 Å². The highest BCUT2D eigenvalue weighted by molar-refractivity contribution is 7.80. The normalized spacial score (nSPS) is 10.1. The number of rotatable bonds is 5. The number of benzene rings is 1. The molecule has 0 aliphatic heterocycles. The third kappa shape index (κ3) is 4.32. The van der Waals surface area contributed by atoms with Crippen molar-refractivity contribution >= 4 is 34.6 Å². The molecule has 0 atom stereocenters. The molecule has 22 heavy (non-hydrogen) atoms. The van der Waals surface area contributed by atoms with Gasteiger partial charge in [0.05, 0.1) is 12.8 Å². The van der Waals surface area contributed by atoms with Crippen LogP contribution in [0.1, 0.15) is 12.5 Å². The maximum Gasteiger partial charge on any atom is 0.173 e. The molecule has 0 bridgehead atoms. The first kappa shape index (κ1) is 16.5. The number of nitrogens with zero attached hydrogens (tertiary/aromatic N) is 2. The molecule has 0 radical (unpaired) electrons. The van der Waals surface area contributed by atoms with E-state index in [2.05, 4.69) is 22.1 Å². The average Bonchev–Trinajstić information content (AvgIpc) is 2.53. The van der Waals surface area contributed by atoms with Crippen molar-refractivity contribution in [2.45, 2.75) is 13.5 Å². The van der Waals surface area contributed by atoms with Crippen molar-refractivity contribution in [1.29, 1.82) is 0 Å². The molecule has 116 valence electrons. The van der Waals surface area contributed by atoms with Gasteiger partial charge in [0.25, 0.3) is 0 Å². The second-order valence-electron chi connectivity index (χ2n) is 4.64. The van der Waals surface area contributed by atoms with Crippen LogP contribution in [0, 0.1) is 0 Å². The molecule has 4 nitrogen and oxygen atoms in total. The van der Waals surface area contributed by atoms with Crippen molar-refractivity contribution in [2.24, 2.45) is 0 Å². The van der Waals surface area contributed by atoms with Crippen molar-refractivity contribution < 1.29 is 4.74 Å². The van der Waals surface area contributed by atoms with Gasteiger partial charge in [0.2, 0.25) is 0 Å². The van der Waals surface area contributed by atoms with Gasteiger partial charge in [-0.15, -0.1) is 0 Å². The molecule has 2 rings (SSSR count). The van der Waals surface area contributed by atoms with Crippen LogP contribution in [-0.4, -0.2) is 28.7 Å². The summed E-state index contributed by atoms with van der Waals surface area (Å²) in [5.41, 5.74) is 1.91. The van der Waals surface area contributed by atoms with Gasteiger partial charge in [0, 0.05) is 30.5 Å². The van der Waals surface area contributed by atoms with Crippen molar-refractivity contribution in [1.82, 2.24) is 9.88 Å². The van der Waals surface area contributed by atoms with Crippen LogP contribution in [0.2, 0.25) is 5.02 Å². The van der Waals surface area contributed by atoms with E-state index in [0.717, 1.165) is 17.8 Å². The zero-order valence-corrected chi connectivity index (χ0v) is 14.1. The number of aromatic nitrogens is 1. The van der Waals surface area contributed by atoms with Crippen LogP contribution >= 0.6 is 23.8 Å². The lowest BCUT2D eigenvalue weighted by Crippen LogP contribution is -2.34. The Balaban J connectivity index is 2.11. The Bertz CT molecular complexity index is 637. The van der Waals surface area contributed by atoms with Gasteiger partial charge in [-0.3, -0.25) is 4.98 Å². The van der Waals surface area contributed by atoms with Gasteiger partial charge in [0.15, 0.2) is 5.11 Å². The summed E-state index contributed by atoms with van der Waals surface area (Å²) in [4.78, 5) is 6.09. The third-order valence-electron chi connectivity index (χ3n) is 3.19. The molecule has 0 spiro atoms. The summed E-state index contributed by atoms with van der Waals surface area (Å²) in [6.45, 7) is 3.56. The maximum atomic E-state index is 6.04. The number of ether oxygens (including phenoxy) is 1. The molecule has 1 aromatic heterocycles. The smallest absolute Gasteiger partial charge is 0.173 e. The van der Waals surface area contributed by atoms with E-state index in [1.54, 1.807) is 31.6 Å². The lowest BCUT2D eigenvalue weighted by Gasteiger charge is -2.25. The van der Waals surface area contributed by atoms with Gasteiger partial charge in [-0.2, -0.15) is 0 Å². The predicted octanol–water partition coefficient (Wildman–Crippen LogP) is 3.96. The molecular formula is C16H18ClN3OS. The van der Waals surface area contributed by atoms with Crippen molar-refractivity contribution in [3.8, 4) is 5.75 Å². The summed E-state index contributed by atoms with van der Waals surface area (Å²) in [7, 11) is 1.62. The van der Waals surface area contributed by atoms with E-state index in [1.807, 2.05) is 18.2 Å². The number of hydrogen-bond acceptors (Lipinski definition) is 3. The fraction of sp³-hybridized carbons (Fsp3) is 0.250. The van der Waals surface area contributed by atoms with E-state index >= 15 is 0 Å². The molecule has 6 heteroatoms. The monoisotopic (exact) mass is 335 g/mol. The Kier molecular flexibility index (Phi) is 5.98. The van der Waals surface area contributed by atoms with Crippen LogP contribution in [-0.2, 0) is 6.54 Å². The van der Waals surface area contributed by atoms with Gasteiger partial charge >= 0.3 is 0 Å². The SMILES string of the molecule is CCN(Cc1ccncc1)C(=S)Nc1cc(Cl)ccc1OC. The van der Waals surface area contributed by atoms with Gasteiger partial charge in [0.1, 0.15) is 5.75 Å². The highest BCUT2D eigenvalue weighted by Crippen LogP contribution is 2.28. The number of halogens is 1. The van der Waals surface area contributed by atoms with E-state index in [1.165, 1.54) is 0 Å². The predicted molar refractivity (Wildman–Crippen MR) is 94.5 cm³/mol. The molecule has 0 fully saturated rings. The zero-order valence-electron chi connectivity index (χ0n) is 12.5. The highest BCUT2D eigenvalue weighted by atomic mass is 35.5. The topological polar surface area (TPSA) is 37.4 Å². The van der Waals surface area contributed by atoms with Crippen molar-refractivity contribution in [2.75, 3.05) is 19.0 Å². The molecule has 1 aromatic carbocycles. The van der Waals surface area contributed by atoms with Crippen LogP contribution in [0.3, 0.4) is 0 Å². The summed E-state index contributed by atoms with van der Waals surface area (Å²) in [5, 5.41) is 4.46. The lowest BCUT2D eigenvalue weighted by atomic mass is 10.2. The Labute approximate surface area is 141 Å². The Morgan fingerprint density at radius 1 is 1.32 bits per heavy atom. The maximum absolute atomic E-state index is 6.04. The van der Waals surface area contributed by atoms with Crippen molar-refractivity contribution in [3.63, 3.8) is 0 Å². The summed E-state index contributed by atoms with van der Waals surface area (Å²) in [6.07, 6.45) is 3.55. The van der Waals surface area contributed by atoms with E-state index in [4.69, 9.17) is 28.6 Å². The molecule has 0 aliphatic rings. The number of pyridine rings is 1. The quantitative estimate of drug-likeness (QED) is 0.837. The number of hydrogen-bond donors (Lipinski definition) is 1. The minimum Gasteiger partial charge on any atom is -0.495 e. The van der Waals surface area contributed by atoms with Gasteiger partial charge in [-0.1, -0.05) is 11.6 Å². The number of anilines is 1. The highest BCUT2D eigenvalue weighted by Gasteiger charge is 2.11. The largest absolute Gasteiger partial charge is 0.495 e. The summed E-state index contributed by atoms with van der Waals surface area (Å²) in [5.74, 6) is 0.701. The Hall–Kier alpha value is -1.85. The average molecular weight is 336 g/mol.